The van der Waals surface area contributed by atoms with Crippen LogP contribution in [0.1, 0.15) is 77.6 Å². The van der Waals surface area contributed by atoms with E-state index in [-0.39, 0.29) is 16.2 Å². The highest BCUT2D eigenvalue weighted by Gasteiger charge is 2.27. The minimum atomic E-state index is -0.130. The average Bonchev–Trinajstić information content (AvgIpc) is 4.06. The first-order valence-corrected chi connectivity index (χ1v) is 26.9. The number of imidazole rings is 1. The lowest BCUT2D eigenvalue weighted by Crippen LogP contribution is -2.31. The number of aromatic nitrogens is 4. The molecule has 12 aromatic rings. The summed E-state index contributed by atoms with van der Waals surface area (Å²) < 4.78 is 13.7. The first-order valence-electron chi connectivity index (χ1n) is 26.9. The quantitative estimate of drug-likeness (QED) is 0.0956. The zero-order valence-electron chi connectivity index (χ0n) is 45.3. The number of hydrogen-bond acceptors (Lipinski definition) is 2. The van der Waals surface area contributed by atoms with Gasteiger partial charge in [0.05, 0.1) is 33.4 Å². The van der Waals surface area contributed by atoms with E-state index in [1.807, 2.05) is 6.07 Å². The Kier molecular flexibility index (Phi) is 12.4. The lowest BCUT2D eigenvalue weighted by molar-refractivity contribution is -0.571. The Morgan fingerprint density at radius 2 is 1.03 bits per heavy atom. The summed E-state index contributed by atoms with van der Waals surface area (Å²) in [6.45, 7) is 18.5. The Morgan fingerprint density at radius 1 is 0.455 bits per heavy atom. The van der Waals surface area contributed by atoms with Crippen LogP contribution in [0.15, 0.2) is 231 Å². The van der Waals surface area contributed by atoms with Crippen LogP contribution in [0.5, 0.6) is 11.5 Å². The summed E-state index contributed by atoms with van der Waals surface area (Å²) in [5.74, 6) is 2.32. The highest BCUT2D eigenvalue weighted by molar-refractivity contribution is 6.09. The Balaban J connectivity index is 0.962. The van der Waals surface area contributed by atoms with Gasteiger partial charge in [-0.05, 0) is 115 Å². The van der Waals surface area contributed by atoms with Gasteiger partial charge in [0.15, 0.2) is 0 Å². The topological polar surface area (TPSA) is 35.9 Å². The van der Waals surface area contributed by atoms with E-state index in [0.29, 0.717) is 0 Å². The van der Waals surface area contributed by atoms with Gasteiger partial charge in [-0.2, -0.15) is 0 Å². The van der Waals surface area contributed by atoms with Crippen LogP contribution < -0.4 is 9.30 Å². The molecule has 0 saturated carbocycles. The number of pyridine rings is 1. The first-order chi connectivity index (χ1) is 37.2. The zero-order valence-corrected chi connectivity index (χ0v) is 45.3. The Hall–Kier alpha value is -8.80. The summed E-state index contributed by atoms with van der Waals surface area (Å²) in [6, 6.07) is 80.4. The van der Waals surface area contributed by atoms with Gasteiger partial charge in [-0.15, -0.1) is 0 Å². The minimum absolute atomic E-state index is 0.0451. The lowest BCUT2D eigenvalue weighted by atomic mass is 9.78. The largest absolute Gasteiger partial charge is 0.458 e. The van der Waals surface area contributed by atoms with Crippen molar-refractivity contribution in [1.29, 1.82) is 0 Å². The van der Waals surface area contributed by atoms with Crippen LogP contribution >= 0.6 is 0 Å². The van der Waals surface area contributed by atoms with Crippen LogP contribution in [0.25, 0.3) is 83.4 Å². The van der Waals surface area contributed by atoms with Crippen LogP contribution in [0, 0.1) is 6.33 Å². The number of nitrogens with zero attached hydrogens (tertiary/aromatic N) is 4. The molecule has 0 atom stereocenters. The van der Waals surface area contributed by atoms with Gasteiger partial charge in [-0.1, -0.05) is 231 Å². The average molecular weight is 1000 g/mol. The van der Waals surface area contributed by atoms with Crippen molar-refractivity contribution in [3.05, 3.63) is 259 Å². The van der Waals surface area contributed by atoms with Crippen molar-refractivity contribution in [2.45, 2.75) is 78.1 Å². The number of ether oxygens (including phenoxy) is 1. The van der Waals surface area contributed by atoms with E-state index >= 15 is 0 Å². The second-order valence-corrected chi connectivity index (χ2v) is 23.2. The molecular formula is C72H64N4O. The predicted molar refractivity (Wildman–Crippen MR) is 319 cm³/mol. The molecule has 0 aliphatic rings. The molecule has 0 N–H and O–H groups in total. The molecule has 378 valence electrons. The van der Waals surface area contributed by atoms with E-state index in [4.69, 9.17) is 9.72 Å². The van der Waals surface area contributed by atoms with E-state index in [1.165, 1.54) is 27.8 Å². The van der Waals surface area contributed by atoms with E-state index in [9.17, 15) is 0 Å². The molecule has 0 radical (unpaired) electrons. The first kappa shape index (κ1) is 49.1. The van der Waals surface area contributed by atoms with E-state index in [1.54, 1.807) is 0 Å². The smallest absolute Gasteiger partial charge is 0.269 e. The number of benzene rings is 9. The molecular weight excluding hydrogens is 937 g/mol. The molecule has 12 rings (SSSR count). The van der Waals surface area contributed by atoms with Crippen molar-refractivity contribution >= 4 is 32.8 Å². The molecule has 0 bridgehead atoms. The lowest BCUT2D eigenvalue weighted by Gasteiger charge is -2.27. The summed E-state index contributed by atoms with van der Waals surface area (Å²) in [4.78, 5) is 5.25. The number of para-hydroxylation sites is 4. The van der Waals surface area contributed by atoms with Gasteiger partial charge in [0.1, 0.15) is 17.3 Å². The van der Waals surface area contributed by atoms with Crippen molar-refractivity contribution in [2.24, 2.45) is 0 Å². The molecule has 0 aliphatic heterocycles. The zero-order chi connectivity index (χ0) is 53.1. The van der Waals surface area contributed by atoms with Crippen molar-refractivity contribution in [3.63, 3.8) is 0 Å². The number of fused-ring (bicyclic) bond motifs is 4. The fraction of sp³-hybridized carbons (Fsp3) is 0.167. The van der Waals surface area contributed by atoms with Gasteiger partial charge in [-0.3, -0.25) is 13.7 Å². The molecule has 0 aliphatic carbocycles. The Bertz CT molecular complexity index is 4100. The summed E-state index contributed by atoms with van der Waals surface area (Å²) in [5, 5.41) is 2.29. The monoisotopic (exact) mass is 1000 g/mol. The third-order valence-electron chi connectivity index (χ3n) is 15.3. The molecule has 0 saturated heterocycles. The summed E-state index contributed by atoms with van der Waals surface area (Å²) >= 11 is 0. The molecule has 3 heterocycles. The standard InChI is InChI=1S/C72H64N4O/c1-70(2,3)54-40-51(41-55(43-54)71(4,5)6)60-34-23-33-59(49-24-12-9-13-25-49)69(60)75-48-74(65-36-20-21-37-66(65)75)56-30-22-31-57(44-56)77-58-38-39-62-61-32-18-19-35-64(61)76(67(62)45-58)68-42-52(46-72(7,8)53-28-16-11-17-29-53)63(47-73-68)50-26-14-10-15-27-50/h9-45,47H,46H2,1-8H3. The van der Waals surface area contributed by atoms with Crippen LogP contribution in [0.3, 0.4) is 0 Å². The van der Waals surface area contributed by atoms with Crippen LogP contribution in [0.2, 0.25) is 0 Å². The summed E-state index contributed by atoms with van der Waals surface area (Å²) in [6.07, 6.45) is 6.79. The maximum absolute atomic E-state index is 6.92. The van der Waals surface area contributed by atoms with Crippen LogP contribution in [-0.2, 0) is 22.7 Å². The molecule has 0 spiro atoms. The van der Waals surface area contributed by atoms with Gasteiger partial charge < -0.3 is 4.74 Å². The minimum Gasteiger partial charge on any atom is -0.458 e. The number of rotatable bonds is 11. The van der Waals surface area contributed by atoms with Crippen LogP contribution in [0.4, 0.5) is 0 Å². The molecule has 0 fully saturated rings. The van der Waals surface area contributed by atoms with Crippen molar-refractivity contribution < 1.29 is 9.30 Å². The Labute approximate surface area is 453 Å². The van der Waals surface area contributed by atoms with E-state index < -0.39 is 0 Å². The fourth-order valence-electron chi connectivity index (χ4n) is 11.1. The highest BCUT2D eigenvalue weighted by Crippen LogP contribution is 2.41. The highest BCUT2D eigenvalue weighted by atomic mass is 16.5. The predicted octanol–water partition coefficient (Wildman–Crippen LogP) is 18.1. The van der Waals surface area contributed by atoms with Crippen LogP contribution in [-0.4, -0.2) is 14.1 Å². The molecule has 0 amide bonds. The molecule has 3 aromatic heterocycles. The molecule has 77 heavy (non-hydrogen) atoms. The van der Waals surface area contributed by atoms with Gasteiger partial charge in [0.25, 0.3) is 6.33 Å². The summed E-state index contributed by atoms with van der Waals surface area (Å²) in [7, 11) is 0. The third-order valence-corrected chi connectivity index (χ3v) is 15.3. The maximum atomic E-state index is 6.92. The molecule has 5 nitrogen and oxygen atoms in total. The Morgan fingerprint density at radius 3 is 1.71 bits per heavy atom. The summed E-state index contributed by atoms with van der Waals surface area (Å²) in [5.41, 5.74) is 18.0. The molecule has 5 heteroatoms. The van der Waals surface area contributed by atoms with Gasteiger partial charge in [-0.25, -0.2) is 4.98 Å². The molecule has 9 aromatic carbocycles. The van der Waals surface area contributed by atoms with E-state index in [0.717, 1.165) is 95.8 Å². The second kappa shape index (κ2) is 19.4. The van der Waals surface area contributed by atoms with Gasteiger partial charge in [0, 0.05) is 28.6 Å². The number of hydrogen-bond donors (Lipinski definition) is 0. The fourth-order valence-corrected chi connectivity index (χ4v) is 11.1. The van der Waals surface area contributed by atoms with Gasteiger partial charge >= 0.3 is 0 Å². The SMILES string of the molecule is CC(C)(C)c1cc(-c2cccc(-c3ccccc3)c2-[n+]2[c-]n(-c3cccc(Oc4ccc5c6ccccc6n(-c6cc(CC(C)(C)c7ccccc7)c(-c7ccccc7)cn6)c5c4)c3)c3ccccc32)cc(C(C)(C)C)c1. The maximum Gasteiger partial charge on any atom is 0.269 e. The normalized spacial score (nSPS) is 12.2. The van der Waals surface area contributed by atoms with Crippen molar-refractivity contribution in [1.82, 2.24) is 14.1 Å². The second-order valence-electron chi connectivity index (χ2n) is 23.2. The van der Waals surface area contributed by atoms with E-state index in [2.05, 4.69) is 300 Å². The van der Waals surface area contributed by atoms with Crippen molar-refractivity contribution in [3.8, 4) is 62.1 Å². The van der Waals surface area contributed by atoms with Gasteiger partial charge in [0.2, 0.25) is 0 Å². The van der Waals surface area contributed by atoms with Crippen molar-refractivity contribution in [2.75, 3.05) is 0 Å². The third kappa shape index (κ3) is 9.41. The molecule has 0 unspecified atom stereocenters.